The number of hydrogen-bond donors (Lipinski definition) is 1. The molecule has 0 saturated carbocycles. The third-order valence-corrected chi connectivity index (χ3v) is 5.57. The molecule has 0 radical (unpaired) electrons. The Kier molecular flexibility index (Phi) is 4.24. The van der Waals surface area contributed by atoms with Crippen LogP contribution >= 0.6 is 0 Å². The summed E-state index contributed by atoms with van der Waals surface area (Å²) in [5.74, 6) is 0.160. The van der Waals surface area contributed by atoms with Crippen molar-refractivity contribution in [3.63, 3.8) is 0 Å². The Hall–Kier alpha value is -3.27. The fraction of sp³-hybridized carbons (Fsp3) is 0.208. The van der Waals surface area contributed by atoms with Crippen molar-refractivity contribution < 1.29 is 9.21 Å². The van der Waals surface area contributed by atoms with E-state index in [1.54, 1.807) is 6.26 Å². The van der Waals surface area contributed by atoms with Crippen LogP contribution in [0.4, 0.5) is 5.69 Å². The van der Waals surface area contributed by atoms with Crippen LogP contribution in [0.15, 0.2) is 77.4 Å². The van der Waals surface area contributed by atoms with Gasteiger partial charge in [0.25, 0.3) is 0 Å². The van der Waals surface area contributed by atoms with Crippen LogP contribution in [0, 0.1) is 0 Å². The van der Waals surface area contributed by atoms with Gasteiger partial charge in [0.05, 0.1) is 12.7 Å². The summed E-state index contributed by atoms with van der Waals surface area (Å²) in [7, 11) is 0. The number of benzene rings is 3. The highest BCUT2D eigenvalue weighted by Gasteiger charge is 2.27. The minimum Gasteiger partial charge on any atom is -0.464 e. The number of amides is 1. The second-order valence-corrected chi connectivity index (χ2v) is 7.43. The topological polar surface area (TPSA) is 45.5 Å². The normalized spacial score (nSPS) is 16.7. The van der Waals surface area contributed by atoms with Crippen LogP contribution in [0.3, 0.4) is 0 Å². The zero-order chi connectivity index (χ0) is 18.9. The number of carbonyl (C=O) groups excluding carboxylic acids is 1. The van der Waals surface area contributed by atoms with Crippen LogP contribution < -0.4 is 5.32 Å². The first-order valence-corrected chi connectivity index (χ1v) is 9.75. The minimum absolute atomic E-state index is 0.160. The Labute approximate surface area is 163 Å². The first-order valence-electron chi connectivity index (χ1n) is 9.75. The molecule has 2 heterocycles. The van der Waals surface area contributed by atoms with Gasteiger partial charge in [0, 0.05) is 35.8 Å². The van der Waals surface area contributed by atoms with Gasteiger partial charge in [0.1, 0.15) is 5.58 Å². The maximum absolute atomic E-state index is 12.9. The highest BCUT2D eigenvalue weighted by atomic mass is 16.3. The lowest BCUT2D eigenvalue weighted by Gasteiger charge is -2.17. The van der Waals surface area contributed by atoms with Crippen LogP contribution in [0.1, 0.15) is 12.0 Å². The number of likely N-dealkylation sites (tertiary alicyclic amines) is 1. The second-order valence-electron chi connectivity index (χ2n) is 7.43. The summed E-state index contributed by atoms with van der Waals surface area (Å²) in [4.78, 5) is 14.9. The first-order chi connectivity index (χ1) is 13.8. The van der Waals surface area contributed by atoms with E-state index in [4.69, 9.17) is 4.42 Å². The molecule has 1 atom stereocenters. The lowest BCUT2D eigenvalue weighted by molar-refractivity contribution is -0.129. The molecule has 1 aliphatic rings. The number of rotatable bonds is 4. The third kappa shape index (κ3) is 3.11. The number of para-hydroxylation sites is 1. The maximum atomic E-state index is 12.9. The van der Waals surface area contributed by atoms with E-state index in [0.717, 1.165) is 47.1 Å². The maximum Gasteiger partial charge on any atom is 0.227 e. The average molecular weight is 370 g/mol. The molecule has 4 heteroatoms. The lowest BCUT2D eigenvalue weighted by atomic mass is 10.0. The Bertz CT molecular complexity index is 1130. The molecule has 4 aromatic rings. The van der Waals surface area contributed by atoms with E-state index in [1.165, 1.54) is 5.39 Å². The number of furan rings is 1. The van der Waals surface area contributed by atoms with Crippen LogP contribution in [0.5, 0.6) is 0 Å². The van der Waals surface area contributed by atoms with Crippen LogP contribution in [-0.4, -0.2) is 29.9 Å². The standard InChI is InChI=1S/C24H22N2O2/c27-23(26-13-12-20(15-26)25-19-7-2-1-3-8-19)14-18-16-28-22-11-10-17-6-4-5-9-21(17)24(18)22/h1-11,16,20,25H,12-15H2. The zero-order valence-corrected chi connectivity index (χ0v) is 15.6. The van der Waals surface area contributed by atoms with Crippen molar-refractivity contribution in [1.82, 2.24) is 4.90 Å². The molecular formula is C24H22N2O2. The summed E-state index contributed by atoms with van der Waals surface area (Å²) in [5, 5.41) is 6.89. The van der Waals surface area contributed by atoms with Gasteiger partial charge in [0.15, 0.2) is 0 Å². The van der Waals surface area contributed by atoms with Crippen LogP contribution in [0.2, 0.25) is 0 Å². The molecule has 1 N–H and O–H groups in total. The lowest BCUT2D eigenvalue weighted by Crippen LogP contribution is -2.32. The van der Waals surface area contributed by atoms with Crippen LogP contribution in [0.25, 0.3) is 21.7 Å². The van der Waals surface area contributed by atoms with Crippen molar-refractivity contribution in [1.29, 1.82) is 0 Å². The molecule has 4 nitrogen and oxygen atoms in total. The highest BCUT2D eigenvalue weighted by molar-refractivity contribution is 6.08. The molecule has 1 fully saturated rings. The fourth-order valence-corrected chi connectivity index (χ4v) is 4.15. The van der Waals surface area contributed by atoms with E-state index in [2.05, 4.69) is 35.6 Å². The summed E-state index contributed by atoms with van der Waals surface area (Å²) in [5.41, 5.74) is 2.91. The van der Waals surface area contributed by atoms with Gasteiger partial charge in [-0.25, -0.2) is 0 Å². The molecule has 5 rings (SSSR count). The van der Waals surface area contributed by atoms with E-state index in [0.29, 0.717) is 12.5 Å². The van der Waals surface area contributed by atoms with E-state index in [9.17, 15) is 4.79 Å². The van der Waals surface area contributed by atoms with Crippen molar-refractivity contribution in [2.24, 2.45) is 0 Å². The predicted octanol–water partition coefficient (Wildman–Crippen LogP) is 4.84. The van der Waals surface area contributed by atoms with Crippen molar-refractivity contribution >= 4 is 33.3 Å². The molecule has 1 amide bonds. The zero-order valence-electron chi connectivity index (χ0n) is 15.6. The molecule has 3 aromatic carbocycles. The minimum atomic E-state index is 0.160. The van der Waals surface area contributed by atoms with Gasteiger partial charge in [-0.1, -0.05) is 48.5 Å². The third-order valence-electron chi connectivity index (χ3n) is 5.57. The molecule has 140 valence electrons. The largest absolute Gasteiger partial charge is 0.464 e. The molecule has 1 unspecified atom stereocenters. The van der Waals surface area contributed by atoms with Gasteiger partial charge in [-0.15, -0.1) is 0 Å². The van der Waals surface area contributed by atoms with Crippen molar-refractivity contribution in [2.45, 2.75) is 18.9 Å². The number of fused-ring (bicyclic) bond motifs is 3. The molecule has 1 aliphatic heterocycles. The number of carbonyl (C=O) groups is 1. The Morgan fingerprint density at radius 3 is 2.75 bits per heavy atom. The van der Waals surface area contributed by atoms with Crippen LogP contribution in [-0.2, 0) is 11.2 Å². The average Bonchev–Trinajstić information content (AvgIpc) is 3.36. The second kappa shape index (κ2) is 7.04. The summed E-state index contributed by atoms with van der Waals surface area (Å²) >= 11 is 0. The van der Waals surface area contributed by atoms with Gasteiger partial charge < -0.3 is 14.6 Å². The van der Waals surface area contributed by atoms with E-state index < -0.39 is 0 Å². The SMILES string of the molecule is O=C(Cc1coc2ccc3ccccc3c12)N1CCC(Nc2ccccc2)C1. The van der Waals surface area contributed by atoms with Gasteiger partial charge in [0.2, 0.25) is 5.91 Å². The summed E-state index contributed by atoms with van der Waals surface area (Å²) in [6.07, 6.45) is 3.08. The summed E-state index contributed by atoms with van der Waals surface area (Å²) < 4.78 is 5.74. The fourth-order valence-electron chi connectivity index (χ4n) is 4.15. The number of nitrogens with one attached hydrogen (secondary N) is 1. The number of anilines is 1. The van der Waals surface area contributed by atoms with Gasteiger partial charge in [-0.3, -0.25) is 4.79 Å². The Morgan fingerprint density at radius 2 is 1.86 bits per heavy atom. The molecule has 0 bridgehead atoms. The Morgan fingerprint density at radius 1 is 1.04 bits per heavy atom. The number of nitrogens with zero attached hydrogens (tertiary/aromatic N) is 1. The van der Waals surface area contributed by atoms with E-state index >= 15 is 0 Å². The smallest absolute Gasteiger partial charge is 0.227 e. The predicted molar refractivity (Wildman–Crippen MR) is 112 cm³/mol. The van der Waals surface area contributed by atoms with Gasteiger partial charge in [-0.2, -0.15) is 0 Å². The summed E-state index contributed by atoms with van der Waals surface area (Å²) in [6, 6.07) is 22.8. The first kappa shape index (κ1) is 16.9. The highest BCUT2D eigenvalue weighted by Crippen LogP contribution is 2.30. The molecule has 1 aromatic heterocycles. The van der Waals surface area contributed by atoms with E-state index in [-0.39, 0.29) is 5.91 Å². The molecular weight excluding hydrogens is 348 g/mol. The molecule has 0 spiro atoms. The van der Waals surface area contributed by atoms with Crippen molar-refractivity contribution in [2.75, 3.05) is 18.4 Å². The van der Waals surface area contributed by atoms with E-state index in [1.807, 2.05) is 41.3 Å². The van der Waals surface area contributed by atoms with Gasteiger partial charge >= 0.3 is 0 Å². The quantitative estimate of drug-likeness (QED) is 0.559. The monoisotopic (exact) mass is 370 g/mol. The van der Waals surface area contributed by atoms with Gasteiger partial charge in [-0.05, 0) is 35.4 Å². The molecule has 28 heavy (non-hydrogen) atoms. The summed E-state index contributed by atoms with van der Waals surface area (Å²) in [6.45, 7) is 1.53. The van der Waals surface area contributed by atoms with Crippen molar-refractivity contribution in [3.05, 3.63) is 78.6 Å². The molecule has 1 saturated heterocycles. The molecule has 0 aliphatic carbocycles. The Balaban J connectivity index is 1.33. The van der Waals surface area contributed by atoms with Crippen molar-refractivity contribution in [3.8, 4) is 0 Å². The number of hydrogen-bond acceptors (Lipinski definition) is 3.